The van der Waals surface area contributed by atoms with E-state index in [0.717, 1.165) is 16.9 Å². The number of hydrogen-bond donors (Lipinski definition) is 1. The molecular weight excluding hydrogens is 403 g/mol. The second kappa shape index (κ2) is 7.06. The monoisotopic (exact) mass is 412 g/mol. The summed E-state index contributed by atoms with van der Waals surface area (Å²) in [4.78, 5) is -0.0707. The van der Waals surface area contributed by atoms with Crippen LogP contribution in [0, 0.1) is 11.3 Å². The Morgan fingerprint density at radius 2 is 2.12 bits per heavy atom. The molecule has 1 N–H and O–H groups in total. The highest BCUT2D eigenvalue weighted by Gasteiger charge is 2.21. The summed E-state index contributed by atoms with van der Waals surface area (Å²) in [7, 11) is -3.85. The maximum Gasteiger partial charge on any atom is 0.264 e. The van der Waals surface area contributed by atoms with Crippen LogP contribution in [-0.2, 0) is 16.6 Å². The Balaban J connectivity index is 1.77. The molecular formula is C15H10Cl2N4O2S2. The normalized spacial score (nSPS) is 11.2. The van der Waals surface area contributed by atoms with Crippen molar-refractivity contribution < 1.29 is 8.42 Å². The lowest BCUT2D eigenvalue weighted by atomic mass is 10.1. The Kier molecular flexibility index (Phi) is 5.01. The molecule has 0 amide bonds. The Morgan fingerprint density at radius 1 is 1.32 bits per heavy atom. The number of hydrogen-bond acceptors (Lipinski definition) is 5. The number of halogens is 2. The molecule has 2 heterocycles. The summed E-state index contributed by atoms with van der Waals surface area (Å²) in [6, 6.07) is 10.5. The third-order valence-electron chi connectivity index (χ3n) is 3.20. The van der Waals surface area contributed by atoms with Gasteiger partial charge in [-0.05, 0) is 23.8 Å². The van der Waals surface area contributed by atoms with Crippen LogP contribution in [0.4, 0.5) is 5.69 Å². The lowest BCUT2D eigenvalue weighted by molar-refractivity contribution is 0.601. The van der Waals surface area contributed by atoms with Crippen LogP contribution in [0.1, 0.15) is 11.1 Å². The number of thiophene rings is 1. The molecule has 0 bridgehead atoms. The zero-order valence-corrected chi connectivity index (χ0v) is 15.6. The van der Waals surface area contributed by atoms with Crippen LogP contribution in [0.15, 0.2) is 47.6 Å². The first kappa shape index (κ1) is 17.8. The van der Waals surface area contributed by atoms with Gasteiger partial charge in [-0.15, -0.1) is 11.3 Å². The molecule has 0 spiro atoms. The van der Waals surface area contributed by atoms with E-state index in [1.807, 2.05) is 6.07 Å². The molecule has 0 atom stereocenters. The minimum atomic E-state index is -3.85. The molecule has 25 heavy (non-hydrogen) atoms. The van der Waals surface area contributed by atoms with E-state index in [2.05, 4.69) is 15.9 Å². The van der Waals surface area contributed by atoms with Crippen LogP contribution >= 0.6 is 34.5 Å². The minimum absolute atomic E-state index is 0.0707. The summed E-state index contributed by atoms with van der Waals surface area (Å²) in [5.41, 5.74) is 1.73. The van der Waals surface area contributed by atoms with Gasteiger partial charge in [0.25, 0.3) is 10.0 Å². The second-order valence-electron chi connectivity index (χ2n) is 5.03. The molecule has 0 aliphatic heterocycles. The van der Waals surface area contributed by atoms with E-state index in [1.54, 1.807) is 29.1 Å². The van der Waals surface area contributed by atoms with Crippen molar-refractivity contribution in [3.05, 3.63) is 62.5 Å². The lowest BCUT2D eigenvalue weighted by Gasteiger charge is -2.04. The van der Waals surface area contributed by atoms with Crippen LogP contribution in [0.2, 0.25) is 8.67 Å². The van der Waals surface area contributed by atoms with E-state index in [9.17, 15) is 8.42 Å². The Hall–Kier alpha value is -2.05. The molecule has 0 aliphatic carbocycles. The van der Waals surface area contributed by atoms with Crippen molar-refractivity contribution in [2.75, 3.05) is 4.72 Å². The standard InChI is InChI=1S/C15H10Cl2N4O2S2/c16-14-5-13(15(17)24-14)25(22,23)20-12-7-19-21(9-12)8-11-3-1-2-10(4-11)6-18/h1-5,7,9,20H,8H2. The molecule has 0 radical (unpaired) electrons. The summed E-state index contributed by atoms with van der Waals surface area (Å²) in [5.74, 6) is 0. The summed E-state index contributed by atoms with van der Waals surface area (Å²) in [6.07, 6.45) is 2.95. The van der Waals surface area contributed by atoms with Crippen LogP contribution in [0.25, 0.3) is 0 Å². The number of sulfonamides is 1. The van der Waals surface area contributed by atoms with E-state index in [0.29, 0.717) is 22.1 Å². The molecule has 3 aromatic rings. The second-order valence-corrected chi connectivity index (χ2v) is 8.97. The highest BCUT2D eigenvalue weighted by Crippen LogP contribution is 2.35. The molecule has 0 saturated heterocycles. The minimum Gasteiger partial charge on any atom is -0.276 e. The molecule has 0 fully saturated rings. The number of nitrogens with one attached hydrogen (secondary N) is 1. The average molecular weight is 413 g/mol. The van der Waals surface area contributed by atoms with Crippen molar-refractivity contribution in [3.63, 3.8) is 0 Å². The third-order valence-corrected chi connectivity index (χ3v) is 6.34. The van der Waals surface area contributed by atoms with Crippen LogP contribution in [-0.4, -0.2) is 18.2 Å². The number of nitriles is 1. The maximum atomic E-state index is 12.4. The zero-order valence-electron chi connectivity index (χ0n) is 12.5. The lowest BCUT2D eigenvalue weighted by Crippen LogP contribution is -2.12. The zero-order chi connectivity index (χ0) is 18.0. The fraction of sp³-hybridized carbons (Fsp3) is 0.0667. The van der Waals surface area contributed by atoms with Gasteiger partial charge in [0.05, 0.1) is 34.4 Å². The van der Waals surface area contributed by atoms with Gasteiger partial charge in [-0.2, -0.15) is 10.4 Å². The van der Waals surface area contributed by atoms with Crippen molar-refractivity contribution in [1.29, 1.82) is 5.26 Å². The first-order valence-corrected chi connectivity index (χ1v) is 9.92. The summed E-state index contributed by atoms with van der Waals surface area (Å²) < 4.78 is 29.1. The summed E-state index contributed by atoms with van der Waals surface area (Å²) >= 11 is 12.7. The van der Waals surface area contributed by atoms with Crippen molar-refractivity contribution >= 4 is 50.2 Å². The van der Waals surface area contributed by atoms with Gasteiger partial charge in [0, 0.05) is 6.20 Å². The molecule has 1 aromatic carbocycles. The number of aromatic nitrogens is 2. The highest BCUT2D eigenvalue weighted by atomic mass is 35.5. The highest BCUT2D eigenvalue weighted by molar-refractivity contribution is 7.93. The predicted molar refractivity (Wildman–Crippen MR) is 97.6 cm³/mol. The maximum absolute atomic E-state index is 12.4. The van der Waals surface area contributed by atoms with Crippen molar-refractivity contribution in [3.8, 4) is 6.07 Å². The van der Waals surface area contributed by atoms with Gasteiger partial charge in [0.1, 0.15) is 9.23 Å². The quantitative estimate of drug-likeness (QED) is 0.686. The van der Waals surface area contributed by atoms with E-state index < -0.39 is 10.0 Å². The number of anilines is 1. The topological polar surface area (TPSA) is 87.8 Å². The fourth-order valence-corrected chi connectivity index (χ4v) is 5.33. The molecule has 128 valence electrons. The predicted octanol–water partition coefficient (Wildman–Crippen LogP) is 3.97. The SMILES string of the molecule is N#Cc1cccc(Cn2cc(NS(=O)(=O)c3cc(Cl)sc3Cl)cn2)c1. The van der Waals surface area contributed by atoms with Gasteiger partial charge in [0.2, 0.25) is 0 Å². The van der Waals surface area contributed by atoms with E-state index in [1.165, 1.54) is 12.3 Å². The first-order valence-electron chi connectivity index (χ1n) is 6.86. The number of nitrogens with zero attached hydrogens (tertiary/aromatic N) is 3. The van der Waals surface area contributed by atoms with Gasteiger partial charge in [-0.25, -0.2) is 8.42 Å². The number of rotatable bonds is 5. The van der Waals surface area contributed by atoms with Gasteiger partial charge < -0.3 is 0 Å². The number of benzene rings is 1. The van der Waals surface area contributed by atoms with Gasteiger partial charge >= 0.3 is 0 Å². The Morgan fingerprint density at radius 3 is 2.80 bits per heavy atom. The van der Waals surface area contributed by atoms with Crippen LogP contribution in [0.5, 0.6) is 0 Å². The van der Waals surface area contributed by atoms with Crippen molar-refractivity contribution in [2.24, 2.45) is 0 Å². The smallest absolute Gasteiger partial charge is 0.264 e. The van der Waals surface area contributed by atoms with Crippen LogP contribution < -0.4 is 4.72 Å². The van der Waals surface area contributed by atoms with Gasteiger partial charge in [0.15, 0.2) is 0 Å². The van der Waals surface area contributed by atoms with E-state index >= 15 is 0 Å². The van der Waals surface area contributed by atoms with Gasteiger partial charge in [-0.3, -0.25) is 9.40 Å². The van der Waals surface area contributed by atoms with E-state index in [-0.39, 0.29) is 9.23 Å². The Labute approximate surface area is 158 Å². The molecule has 2 aromatic heterocycles. The van der Waals surface area contributed by atoms with Gasteiger partial charge in [-0.1, -0.05) is 35.3 Å². The summed E-state index contributed by atoms with van der Waals surface area (Å²) in [5, 5.41) is 13.0. The summed E-state index contributed by atoms with van der Waals surface area (Å²) in [6.45, 7) is 0.405. The van der Waals surface area contributed by atoms with Crippen molar-refractivity contribution in [2.45, 2.75) is 11.4 Å². The molecule has 0 saturated carbocycles. The van der Waals surface area contributed by atoms with Crippen molar-refractivity contribution in [1.82, 2.24) is 9.78 Å². The fourth-order valence-electron chi connectivity index (χ4n) is 2.15. The molecule has 3 rings (SSSR count). The van der Waals surface area contributed by atoms with E-state index in [4.69, 9.17) is 28.5 Å². The molecule has 10 heteroatoms. The largest absolute Gasteiger partial charge is 0.276 e. The molecule has 6 nitrogen and oxygen atoms in total. The van der Waals surface area contributed by atoms with Crippen LogP contribution in [0.3, 0.4) is 0 Å². The Bertz CT molecular complexity index is 1070. The average Bonchev–Trinajstić information content (AvgIpc) is 3.13. The first-order chi connectivity index (χ1) is 11.9. The molecule has 0 aliphatic rings. The molecule has 0 unspecified atom stereocenters. The third kappa shape index (κ3) is 4.14.